The number of halogens is 1. The maximum Gasteiger partial charge on any atom is 0.124 e. The summed E-state index contributed by atoms with van der Waals surface area (Å²) in [5.74, 6) is 1.00. The zero-order valence-electron chi connectivity index (χ0n) is 11.5. The first-order valence-electron chi connectivity index (χ1n) is 6.63. The fourth-order valence-corrected chi connectivity index (χ4v) is 2.66. The lowest BCUT2D eigenvalue weighted by molar-refractivity contribution is 0.402. The van der Waals surface area contributed by atoms with Crippen molar-refractivity contribution in [2.45, 2.75) is 12.5 Å². The standard InChI is InChI=1S/C16H15ClN2O2/c1-21-16-5-3-2-4-11(16)13-9-14(19-18-13)12-8-10(17)6-7-15(12)20/h2-8,13,18,20H,9H2,1H3. The van der Waals surface area contributed by atoms with E-state index in [4.69, 9.17) is 16.3 Å². The van der Waals surface area contributed by atoms with E-state index >= 15 is 0 Å². The van der Waals surface area contributed by atoms with E-state index < -0.39 is 0 Å². The van der Waals surface area contributed by atoms with Crippen molar-refractivity contribution in [2.75, 3.05) is 7.11 Å². The summed E-state index contributed by atoms with van der Waals surface area (Å²) < 4.78 is 5.38. The maximum atomic E-state index is 9.96. The van der Waals surface area contributed by atoms with Crippen LogP contribution in [-0.4, -0.2) is 17.9 Å². The first kappa shape index (κ1) is 13.8. The average molecular weight is 303 g/mol. The number of hydrazone groups is 1. The molecule has 1 unspecified atom stereocenters. The zero-order chi connectivity index (χ0) is 14.8. The number of nitrogens with zero attached hydrogens (tertiary/aromatic N) is 1. The monoisotopic (exact) mass is 302 g/mol. The van der Waals surface area contributed by atoms with E-state index in [0.717, 1.165) is 17.0 Å². The molecule has 0 bridgehead atoms. The first-order valence-corrected chi connectivity index (χ1v) is 7.00. The summed E-state index contributed by atoms with van der Waals surface area (Å²) in [5, 5.41) is 14.9. The number of phenolic OH excluding ortho intramolecular Hbond substituents is 1. The van der Waals surface area contributed by atoms with Gasteiger partial charge in [-0.2, -0.15) is 5.10 Å². The molecular formula is C16H15ClN2O2. The van der Waals surface area contributed by atoms with Crippen molar-refractivity contribution < 1.29 is 9.84 Å². The van der Waals surface area contributed by atoms with Crippen molar-refractivity contribution in [2.24, 2.45) is 5.10 Å². The molecule has 21 heavy (non-hydrogen) atoms. The molecule has 0 radical (unpaired) electrons. The van der Waals surface area contributed by atoms with Crippen molar-refractivity contribution >= 4 is 17.3 Å². The lowest BCUT2D eigenvalue weighted by Crippen LogP contribution is -2.11. The molecule has 4 nitrogen and oxygen atoms in total. The highest BCUT2D eigenvalue weighted by Gasteiger charge is 2.25. The third-order valence-corrected chi connectivity index (χ3v) is 3.77. The number of hydrogen-bond acceptors (Lipinski definition) is 4. The average Bonchev–Trinajstić information content (AvgIpc) is 2.99. The summed E-state index contributed by atoms with van der Waals surface area (Å²) in [6, 6.07) is 12.8. The lowest BCUT2D eigenvalue weighted by Gasteiger charge is -2.14. The van der Waals surface area contributed by atoms with Crippen molar-refractivity contribution in [3.05, 3.63) is 58.6 Å². The van der Waals surface area contributed by atoms with Crippen LogP contribution in [0.4, 0.5) is 0 Å². The topological polar surface area (TPSA) is 53.9 Å². The van der Waals surface area contributed by atoms with E-state index in [0.29, 0.717) is 17.0 Å². The summed E-state index contributed by atoms with van der Waals surface area (Å²) in [4.78, 5) is 0. The fourth-order valence-electron chi connectivity index (χ4n) is 2.48. The summed E-state index contributed by atoms with van der Waals surface area (Å²) in [5.41, 5.74) is 5.58. The first-order chi connectivity index (χ1) is 10.2. The fraction of sp³-hybridized carbons (Fsp3) is 0.188. The molecule has 1 aliphatic heterocycles. The predicted molar refractivity (Wildman–Crippen MR) is 83.1 cm³/mol. The Kier molecular flexibility index (Phi) is 3.71. The van der Waals surface area contributed by atoms with Gasteiger partial charge in [0.1, 0.15) is 11.5 Å². The zero-order valence-corrected chi connectivity index (χ0v) is 12.3. The number of hydrogen-bond donors (Lipinski definition) is 2. The smallest absolute Gasteiger partial charge is 0.124 e. The van der Waals surface area contributed by atoms with Crippen LogP contribution in [0, 0.1) is 0 Å². The Morgan fingerprint density at radius 2 is 2.10 bits per heavy atom. The minimum atomic E-state index is 0.0227. The summed E-state index contributed by atoms with van der Waals surface area (Å²) in [6.45, 7) is 0. The number of para-hydroxylation sites is 1. The van der Waals surface area contributed by atoms with Crippen molar-refractivity contribution in [1.29, 1.82) is 0 Å². The molecule has 5 heteroatoms. The Labute approximate surface area is 128 Å². The number of ether oxygens (including phenoxy) is 1. The van der Waals surface area contributed by atoms with Gasteiger partial charge in [0.25, 0.3) is 0 Å². The van der Waals surface area contributed by atoms with Crippen LogP contribution in [0.1, 0.15) is 23.6 Å². The summed E-state index contributed by atoms with van der Waals surface area (Å²) >= 11 is 5.99. The maximum absolute atomic E-state index is 9.96. The quantitative estimate of drug-likeness (QED) is 0.912. The molecule has 0 saturated heterocycles. The molecule has 1 atom stereocenters. The van der Waals surface area contributed by atoms with E-state index in [1.807, 2.05) is 24.3 Å². The number of nitrogens with one attached hydrogen (secondary N) is 1. The molecule has 1 heterocycles. The van der Waals surface area contributed by atoms with Gasteiger partial charge in [0.2, 0.25) is 0 Å². The molecule has 0 fully saturated rings. The molecule has 3 rings (SSSR count). The SMILES string of the molecule is COc1ccccc1C1CC(c2cc(Cl)ccc2O)=NN1. The predicted octanol–water partition coefficient (Wildman–Crippen LogP) is 3.49. The normalized spacial score (nSPS) is 17.2. The number of phenols is 1. The van der Waals surface area contributed by atoms with Gasteiger partial charge in [-0.05, 0) is 24.3 Å². The molecule has 1 aliphatic rings. The molecular weight excluding hydrogens is 288 g/mol. The highest BCUT2D eigenvalue weighted by atomic mass is 35.5. The lowest BCUT2D eigenvalue weighted by atomic mass is 9.98. The highest BCUT2D eigenvalue weighted by Crippen LogP contribution is 2.33. The third-order valence-electron chi connectivity index (χ3n) is 3.54. The van der Waals surface area contributed by atoms with Crippen molar-refractivity contribution in [3.8, 4) is 11.5 Å². The van der Waals surface area contributed by atoms with Gasteiger partial charge in [0, 0.05) is 22.6 Å². The molecule has 0 aromatic heterocycles. The number of aromatic hydroxyl groups is 1. The van der Waals surface area contributed by atoms with E-state index in [1.165, 1.54) is 0 Å². The molecule has 0 spiro atoms. The largest absolute Gasteiger partial charge is 0.507 e. The Hall–Kier alpha value is -2.20. The van der Waals surface area contributed by atoms with Gasteiger partial charge >= 0.3 is 0 Å². The minimum Gasteiger partial charge on any atom is -0.507 e. The minimum absolute atomic E-state index is 0.0227. The van der Waals surface area contributed by atoms with Crippen LogP contribution in [0.5, 0.6) is 11.5 Å². The number of methoxy groups -OCH3 is 1. The Morgan fingerprint density at radius 1 is 1.29 bits per heavy atom. The van der Waals surface area contributed by atoms with Gasteiger partial charge in [-0.1, -0.05) is 29.8 Å². The molecule has 2 aromatic rings. The van der Waals surface area contributed by atoms with Crippen LogP contribution >= 0.6 is 11.6 Å². The van der Waals surface area contributed by atoms with Gasteiger partial charge < -0.3 is 15.3 Å². The van der Waals surface area contributed by atoms with Crippen molar-refractivity contribution in [1.82, 2.24) is 5.43 Å². The molecule has 108 valence electrons. The van der Waals surface area contributed by atoms with E-state index in [9.17, 15) is 5.11 Å². The van der Waals surface area contributed by atoms with Gasteiger partial charge in [-0.15, -0.1) is 0 Å². The van der Waals surface area contributed by atoms with E-state index in [-0.39, 0.29) is 11.8 Å². The molecule has 2 aromatic carbocycles. The van der Waals surface area contributed by atoms with Crippen LogP contribution in [0.3, 0.4) is 0 Å². The van der Waals surface area contributed by atoms with Gasteiger partial charge in [0.05, 0.1) is 18.9 Å². The number of benzene rings is 2. The van der Waals surface area contributed by atoms with Crippen LogP contribution in [-0.2, 0) is 0 Å². The summed E-state index contributed by atoms with van der Waals surface area (Å²) in [7, 11) is 1.65. The van der Waals surface area contributed by atoms with Gasteiger partial charge in [-0.25, -0.2) is 0 Å². The van der Waals surface area contributed by atoms with Crippen LogP contribution < -0.4 is 10.2 Å². The Bertz CT molecular complexity index is 700. The summed E-state index contributed by atoms with van der Waals surface area (Å²) in [6.07, 6.45) is 0.661. The third kappa shape index (κ3) is 2.67. The molecule has 0 amide bonds. The second-order valence-corrected chi connectivity index (χ2v) is 5.28. The van der Waals surface area contributed by atoms with E-state index in [1.54, 1.807) is 25.3 Å². The molecule has 0 saturated carbocycles. The van der Waals surface area contributed by atoms with Crippen LogP contribution in [0.25, 0.3) is 0 Å². The molecule has 2 N–H and O–H groups in total. The second-order valence-electron chi connectivity index (χ2n) is 4.85. The van der Waals surface area contributed by atoms with Crippen LogP contribution in [0.15, 0.2) is 47.6 Å². The van der Waals surface area contributed by atoms with Gasteiger partial charge in [-0.3, -0.25) is 0 Å². The second kappa shape index (κ2) is 5.66. The Morgan fingerprint density at radius 3 is 2.90 bits per heavy atom. The molecule has 0 aliphatic carbocycles. The van der Waals surface area contributed by atoms with Crippen molar-refractivity contribution in [3.63, 3.8) is 0 Å². The van der Waals surface area contributed by atoms with Gasteiger partial charge in [0.15, 0.2) is 0 Å². The Balaban J connectivity index is 1.86. The van der Waals surface area contributed by atoms with Crippen LogP contribution in [0.2, 0.25) is 5.02 Å². The van der Waals surface area contributed by atoms with E-state index in [2.05, 4.69) is 10.5 Å². The highest BCUT2D eigenvalue weighted by molar-refractivity contribution is 6.31. The number of rotatable bonds is 3.